The van der Waals surface area contributed by atoms with Gasteiger partial charge in [-0.15, -0.1) is 0 Å². The normalized spacial score (nSPS) is 56.2. The van der Waals surface area contributed by atoms with Crippen LogP contribution in [0, 0.1) is 22.7 Å². The number of hydrogen-bond acceptors (Lipinski definition) is 2. The van der Waals surface area contributed by atoms with E-state index in [1.165, 1.54) is 32.1 Å². The second-order valence-corrected chi connectivity index (χ2v) is 8.96. The predicted octanol–water partition coefficient (Wildman–Crippen LogP) is 4.08. The van der Waals surface area contributed by atoms with Crippen molar-refractivity contribution in [3.8, 4) is 0 Å². The maximum Gasteiger partial charge on any atom is 0.0842 e. The Morgan fingerprint density at radius 1 is 1.14 bits per heavy atom. The van der Waals surface area contributed by atoms with Gasteiger partial charge in [-0.2, -0.15) is 0 Å². The quantitative estimate of drug-likeness (QED) is 0.681. The number of fused-ring (bicyclic) bond motifs is 5. The first-order valence-corrected chi connectivity index (χ1v) is 8.91. The molecule has 1 N–H and O–H groups in total. The molecule has 3 fully saturated rings. The molecule has 6 atom stereocenters. The maximum absolute atomic E-state index is 10.9. The highest BCUT2D eigenvalue weighted by Crippen LogP contribution is 2.63. The van der Waals surface area contributed by atoms with E-state index >= 15 is 0 Å². The van der Waals surface area contributed by atoms with E-state index in [2.05, 4.69) is 26.8 Å². The molecule has 21 heavy (non-hydrogen) atoms. The summed E-state index contributed by atoms with van der Waals surface area (Å²) in [7, 11) is 0. The van der Waals surface area contributed by atoms with E-state index in [0.717, 1.165) is 19.4 Å². The molecular formula is C19H30O2. The minimum absolute atomic E-state index is 0.277. The van der Waals surface area contributed by atoms with Crippen LogP contribution in [0.4, 0.5) is 0 Å². The predicted molar refractivity (Wildman–Crippen MR) is 84.0 cm³/mol. The lowest BCUT2D eigenvalue weighted by Crippen LogP contribution is -2.56. The molecule has 2 heteroatoms. The fourth-order valence-corrected chi connectivity index (χ4v) is 6.36. The summed E-state index contributed by atoms with van der Waals surface area (Å²) in [6.45, 7) is 7.89. The Morgan fingerprint density at radius 2 is 1.95 bits per heavy atom. The van der Waals surface area contributed by atoms with E-state index in [4.69, 9.17) is 4.74 Å². The van der Waals surface area contributed by atoms with Gasteiger partial charge < -0.3 is 9.84 Å². The van der Waals surface area contributed by atoms with Crippen LogP contribution in [0.25, 0.3) is 0 Å². The Kier molecular flexibility index (Phi) is 2.96. The summed E-state index contributed by atoms with van der Waals surface area (Å²) in [5.74, 6) is 1.07. The van der Waals surface area contributed by atoms with Crippen LogP contribution in [0.3, 0.4) is 0 Å². The first kappa shape index (κ1) is 14.3. The fourth-order valence-electron chi connectivity index (χ4n) is 6.36. The molecule has 0 aromatic carbocycles. The van der Waals surface area contributed by atoms with Gasteiger partial charge in [-0.25, -0.2) is 0 Å². The third-order valence-corrected chi connectivity index (χ3v) is 7.63. The summed E-state index contributed by atoms with van der Waals surface area (Å²) in [6.07, 6.45) is 11.1. The Bertz CT molecular complexity index is 480. The van der Waals surface area contributed by atoms with E-state index < -0.39 is 5.60 Å². The molecule has 4 aliphatic rings. The van der Waals surface area contributed by atoms with Crippen LogP contribution < -0.4 is 0 Å². The van der Waals surface area contributed by atoms with Crippen molar-refractivity contribution in [1.82, 2.24) is 0 Å². The zero-order valence-electron chi connectivity index (χ0n) is 13.8. The second kappa shape index (κ2) is 4.35. The molecular weight excluding hydrogens is 260 g/mol. The molecule has 0 aromatic rings. The lowest BCUT2D eigenvalue weighted by molar-refractivity contribution is -0.126. The average Bonchev–Trinajstić information content (AvgIpc) is 2.79. The van der Waals surface area contributed by atoms with Gasteiger partial charge in [-0.05, 0) is 73.7 Å². The third kappa shape index (κ3) is 1.84. The number of ether oxygens (including phenoxy) is 1. The standard InChI is InChI=1S/C19H30O2/c1-17-10-7-14-13(16(17)21-12-11-17)5-6-15-18(14,2)8-4-9-19(15,3)20/h5,14-16,20H,4,6-12H2,1-3H3/t14-,15+,16+,17+,18+,19+/m0/s1. The Hall–Kier alpha value is -0.340. The molecule has 2 nitrogen and oxygen atoms in total. The van der Waals surface area contributed by atoms with Gasteiger partial charge in [0.25, 0.3) is 0 Å². The van der Waals surface area contributed by atoms with Gasteiger partial charge >= 0.3 is 0 Å². The highest BCUT2D eigenvalue weighted by atomic mass is 16.5. The highest BCUT2D eigenvalue weighted by molar-refractivity contribution is 5.29. The van der Waals surface area contributed by atoms with E-state index in [1.54, 1.807) is 5.57 Å². The van der Waals surface area contributed by atoms with Gasteiger partial charge in [0.15, 0.2) is 0 Å². The summed E-state index contributed by atoms with van der Waals surface area (Å²) in [5, 5.41) is 10.9. The molecule has 1 aliphatic heterocycles. The molecule has 2 saturated carbocycles. The summed E-state index contributed by atoms with van der Waals surface area (Å²) >= 11 is 0. The molecule has 4 rings (SSSR count). The highest BCUT2D eigenvalue weighted by Gasteiger charge is 2.58. The molecule has 0 aromatic heterocycles. The first-order valence-electron chi connectivity index (χ1n) is 8.91. The molecule has 0 radical (unpaired) electrons. The van der Waals surface area contributed by atoms with Gasteiger partial charge in [0.2, 0.25) is 0 Å². The van der Waals surface area contributed by atoms with E-state index in [-0.39, 0.29) is 5.41 Å². The van der Waals surface area contributed by atoms with Gasteiger partial charge in [0.05, 0.1) is 11.7 Å². The molecule has 0 amide bonds. The first-order chi connectivity index (χ1) is 9.87. The maximum atomic E-state index is 10.9. The van der Waals surface area contributed by atoms with E-state index in [0.29, 0.717) is 23.4 Å². The zero-order chi connectivity index (χ0) is 14.9. The van der Waals surface area contributed by atoms with Crippen LogP contribution in [0.2, 0.25) is 0 Å². The molecule has 3 aliphatic carbocycles. The lowest BCUT2D eigenvalue weighted by atomic mass is 9.47. The van der Waals surface area contributed by atoms with Crippen molar-refractivity contribution in [2.45, 2.75) is 77.4 Å². The largest absolute Gasteiger partial charge is 0.390 e. The molecule has 0 bridgehead atoms. The van der Waals surface area contributed by atoms with Gasteiger partial charge in [-0.3, -0.25) is 0 Å². The molecule has 118 valence electrons. The number of rotatable bonds is 0. The Balaban J connectivity index is 1.74. The molecule has 0 spiro atoms. The van der Waals surface area contributed by atoms with Crippen molar-refractivity contribution in [2.75, 3.05) is 6.61 Å². The Labute approximate surface area is 129 Å². The summed E-state index contributed by atoms with van der Waals surface area (Å²) in [5.41, 5.74) is 1.77. The smallest absolute Gasteiger partial charge is 0.0842 e. The monoisotopic (exact) mass is 290 g/mol. The average molecular weight is 290 g/mol. The summed E-state index contributed by atoms with van der Waals surface area (Å²) in [4.78, 5) is 0. The minimum atomic E-state index is -0.480. The molecule has 0 unspecified atom stereocenters. The van der Waals surface area contributed by atoms with Gasteiger partial charge in [-0.1, -0.05) is 26.3 Å². The van der Waals surface area contributed by atoms with Crippen molar-refractivity contribution < 1.29 is 9.84 Å². The topological polar surface area (TPSA) is 29.5 Å². The lowest BCUT2D eigenvalue weighted by Gasteiger charge is -2.59. The van der Waals surface area contributed by atoms with Crippen LogP contribution >= 0.6 is 0 Å². The van der Waals surface area contributed by atoms with Crippen LogP contribution in [0.1, 0.15) is 65.7 Å². The SMILES string of the molecule is C[C@@]12CCO[C@@H]1C1=CC[C@@H]3[C@](C)(CCC[C@@]3(C)O)[C@H]1CC2. The van der Waals surface area contributed by atoms with Crippen molar-refractivity contribution in [1.29, 1.82) is 0 Å². The van der Waals surface area contributed by atoms with E-state index in [9.17, 15) is 5.11 Å². The van der Waals surface area contributed by atoms with Crippen molar-refractivity contribution in [3.05, 3.63) is 11.6 Å². The minimum Gasteiger partial charge on any atom is -0.390 e. The zero-order valence-corrected chi connectivity index (χ0v) is 13.8. The van der Waals surface area contributed by atoms with Crippen LogP contribution in [0.5, 0.6) is 0 Å². The van der Waals surface area contributed by atoms with Crippen molar-refractivity contribution in [2.24, 2.45) is 22.7 Å². The molecule has 1 saturated heterocycles. The van der Waals surface area contributed by atoms with Crippen molar-refractivity contribution >= 4 is 0 Å². The number of allylic oxidation sites excluding steroid dienone is 1. The van der Waals surface area contributed by atoms with E-state index in [1.807, 2.05) is 0 Å². The van der Waals surface area contributed by atoms with Gasteiger partial charge in [0.1, 0.15) is 0 Å². The van der Waals surface area contributed by atoms with Crippen molar-refractivity contribution in [3.63, 3.8) is 0 Å². The van der Waals surface area contributed by atoms with Crippen LogP contribution in [0.15, 0.2) is 11.6 Å². The molecule has 1 heterocycles. The number of hydrogen-bond donors (Lipinski definition) is 1. The third-order valence-electron chi connectivity index (χ3n) is 7.63. The van der Waals surface area contributed by atoms with Crippen LogP contribution in [-0.4, -0.2) is 23.4 Å². The van der Waals surface area contributed by atoms with Gasteiger partial charge in [0, 0.05) is 6.61 Å². The van der Waals surface area contributed by atoms with Crippen LogP contribution in [-0.2, 0) is 4.74 Å². The Morgan fingerprint density at radius 3 is 2.76 bits per heavy atom. The summed E-state index contributed by atoms with van der Waals surface area (Å²) in [6, 6.07) is 0. The number of aliphatic hydroxyl groups is 1. The summed E-state index contributed by atoms with van der Waals surface area (Å²) < 4.78 is 6.18. The second-order valence-electron chi connectivity index (χ2n) is 8.96. The fraction of sp³-hybridized carbons (Fsp3) is 0.895.